The zero-order valence-corrected chi connectivity index (χ0v) is 23.3. The molecule has 1 amide bonds. The summed E-state index contributed by atoms with van der Waals surface area (Å²) >= 11 is 0. The van der Waals surface area contributed by atoms with Gasteiger partial charge in [-0.25, -0.2) is 4.79 Å². The molecule has 0 aromatic heterocycles. The van der Waals surface area contributed by atoms with Gasteiger partial charge in [-0.05, 0) is 77.2 Å². The van der Waals surface area contributed by atoms with Crippen molar-refractivity contribution in [3.8, 4) is 0 Å². The Labute approximate surface area is 215 Å². The zero-order chi connectivity index (χ0) is 27.4. The van der Waals surface area contributed by atoms with Crippen molar-refractivity contribution in [2.24, 2.45) is 16.7 Å². The van der Waals surface area contributed by atoms with Gasteiger partial charge in [0.1, 0.15) is 11.4 Å². The van der Waals surface area contributed by atoms with Crippen LogP contribution in [0.4, 0.5) is 4.79 Å². The number of aliphatic hydroxyl groups excluding tert-OH is 2. The van der Waals surface area contributed by atoms with Crippen molar-refractivity contribution in [2.75, 3.05) is 31.9 Å². The van der Waals surface area contributed by atoms with E-state index in [0.717, 1.165) is 45.2 Å². The van der Waals surface area contributed by atoms with Crippen LogP contribution in [-0.4, -0.2) is 89.7 Å². The molecule has 4 fully saturated rings. The topological polar surface area (TPSA) is 153 Å². The Morgan fingerprint density at radius 1 is 1.14 bits per heavy atom. The third-order valence-electron chi connectivity index (χ3n) is 7.89. The molecule has 4 N–H and O–H groups in total. The standard InChI is InChI=1S/C10H19NO3.C10H16O4S.C5H11NO/c1-10(2,3)14-9(13)11-6-4-5-8(12)7-11;1-9(2)7-3-4-10(9,8(11)5-7)6-15(12,13)14;7-5-2-1-3-6-4-5/h8,12H,4-7H2,1-3H3;7H,3-6H2,1-2H3,(H,12,13,14);5-7H,1-4H2/t8-;;5-/m0.0/s1. The molecular weight excluding hydrogens is 488 g/mol. The van der Waals surface area contributed by atoms with E-state index >= 15 is 0 Å². The lowest BCUT2D eigenvalue weighted by atomic mass is 9.70. The summed E-state index contributed by atoms with van der Waals surface area (Å²) in [5.41, 5.74) is -1.58. The van der Waals surface area contributed by atoms with Crippen LogP contribution >= 0.6 is 0 Å². The summed E-state index contributed by atoms with van der Waals surface area (Å²) in [4.78, 5) is 25.0. The van der Waals surface area contributed by atoms with E-state index in [2.05, 4.69) is 5.32 Å². The largest absolute Gasteiger partial charge is 0.444 e. The van der Waals surface area contributed by atoms with Crippen LogP contribution in [0.1, 0.15) is 79.6 Å². The van der Waals surface area contributed by atoms with Crippen molar-refractivity contribution in [3.63, 3.8) is 0 Å². The highest BCUT2D eigenvalue weighted by Gasteiger charge is 2.65. The molecule has 2 saturated heterocycles. The summed E-state index contributed by atoms with van der Waals surface area (Å²) in [7, 11) is -4.08. The SMILES string of the molecule is CC(C)(C)OC(=O)N1CCC[C@H](O)C1.CC1(C)C2CCC1(CS(=O)(=O)O)C(=O)C2.O[C@H]1CCCNC1. The maximum Gasteiger partial charge on any atom is 0.410 e. The van der Waals surface area contributed by atoms with Crippen molar-refractivity contribution in [2.45, 2.75) is 97.4 Å². The van der Waals surface area contributed by atoms with Gasteiger partial charge in [-0.2, -0.15) is 8.42 Å². The number of ether oxygens (including phenoxy) is 1. The Bertz CT molecular complexity index is 864. The summed E-state index contributed by atoms with van der Waals surface area (Å²) in [6, 6.07) is 0. The minimum atomic E-state index is -4.08. The lowest BCUT2D eigenvalue weighted by Gasteiger charge is -2.35. The molecule has 11 heteroatoms. The Morgan fingerprint density at radius 2 is 1.78 bits per heavy atom. The number of amides is 1. The number of hydrogen-bond donors (Lipinski definition) is 4. The zero-order valence-electron chi connectivity index (χ0n) is 22.5. The van der Waals surface area contributed by atoms with Gasteiger partial charge in [-0.15, -0.1) is 0 Å². The van der Waals surface area contributed by atoms with Gasteiger partial charge < -0.3 is 25.2 Å². The van der Waals surface area contributed by atoms with Gasteiger partial charge >= 0.3 is 6.09 Å². The van der Waals surface area contributed by atoms with Crippen LogP contribution in [-0.2, 0) is 19.6 Å². The molecule has 0 radical (unpaired) electrons. The van der Waals surface area contributed by atoms with Crippen molar-refractivity contribution < 1.29 is 37.5 Å². The monoisotopic (exact) mass is 534 g/mol. The lowest BCUT2D eigenvalue weighted by Crippen LogP contribution is -2.44. The maximum atomic E-state index is 11.9. The molecule has 36 heavy (non-hydrogen) atoms. The number of aliphatic hydroxyl groups is 2. The van der Waals surface area contributed by atoms with Crippen LogP contribution in [0.2, 0.25) is 0 Å². The molecule has 4 rings (SSSR count). The molecule has 2 bridgehead atoms. The fourth-order valence-corrected chi connectivity index (χ4v) is 7.00. The third kappa shape index (κ3) is 8.37. The average molecular weight is 535 g/mol. The van der Waals surface area contributed by atoms with E-state index in [1.807, 2.05) is 34.6 Å². The van der Waals surface area contributed by atoms with Crippen LogP contribution < -0.4 is 5.32 Å². The van der Waals surface area contributed by atoms with Crippen LogP contribution in [0, 0.1) is 16.7 Å². The number of hydrogen-bond acceptors (Lipinski definition) is 8. The van der Waals surface area contributed by atoms with Crippen molar-refractivity contribution in [1.29, 1.82) is 0 Å². The minimum Gasteiger partial charge on any atom is -0.444 e. The Morgan fingerprint density at radius 3 is 2.17 bits per heavy atom. The van der Waals surface area contributed by atoms with Crippen molar-refractivity contribution in [1.82, 2.24) is 10.2 Å². The Balaban J connectivity index is 0.000000202. The Kier molecular flexibility index (Phi) is 10.4. The van der Waals surface area contributed by atoms with Gasteiger partial charge in [0.05, 0.1) is 23.4 Å². The number of carbonyl (C=O) groups is 2. The van der Waals surface area contributed by atoms with Crippen molar-refractivity contribution in [3.05, 3.63) is 0 Å². The first-order valence-corrected chi connectivity index (χ1v) is 14.6. The van der Waals surface area contributed by atoms with Crippen LogP contribution in [0.25, 0.3) is 0 Å². The van der Waals surface area contributed by atoms with Gasteiger partial charge in [0.2, 0.25) is 0 Å². The highest BCUT2D eigenvalue weighted by molar-refractivity contribution is 7.85. The van der Waals surface area contributed by atoms with E-state index in [-0.39, 0.29) is 29.3 Å². The molecule has 2 saturated carbocycles. The molecule has 2 unspecified atom stereocenters. The third-order valence-corrected chi connectivity index (χ3v) is 8.74. The molecule has 4 atom stereocenters. The molecule has 0 aromatic carbocycles. The molecule has 2 heterocycles. The van der Waals surface area contributed by atoms with E-state index in [4.69, 9.17) is 14.4 Å². The van der Waals surface area contributed by atoms with E-state index in [0.29, 0.717) is 25.9 Å². The van der Waals surface area contributed by atoms with Crippen LogP contribution in [0.3, 0.4) is 0 Å². The van der Waals surface area contributed by atoms with Crippen LogP contribution in [0.5, 0.6) is 0 Å². The summed E-state index contributed by atoms with van der Waals surface area (Å²) in [5, 5.41) is 21.3. The molecule has 210 valence electrons. The van der Waals surface area contributed by atoms with Gasteiger partial charge in [0, 0.05) is 26.1 Å². The number of likely N-dealkylation sites (tertiary alicyclic amines) is 1. The van der Waals surface area contributed by atoms with Gasteiger partial charge in [-0.1, -0.05) is 13.8 Å². The number of Topliss-reactive ketones (excluding diaryl/α,β-unsaturated/α-hetero) is 1. The summed E-state index contributed by atoms with van der Waals surface area (Å²) in [6.45, 7) is 12.4. The molecule has 2 aliphatic heterocycles. The quantitative estimate of drug-likeness (QED) is 0.391. The summed E-state index contributed by atoms with van der Waals surface area (Å²) in [6.07, 6.45) is 4.91. The molecule has 10 nitrogen and oxygen atoms in total. The average Bonchev–Trinajstić information content (AvgIpc) is 3.07. The molecule has 2 aliphatic carbocycles. The fourth-order valence-electron chi connectivity index (χ4n) is 5.70. The van der Waals surface area contributed by atoms with E-state index in [1.165, 1.54) is 0 Å². The summed E-state index contributed by atoms with van der Waals surface area (Å²) in [5.74, 6) is -0.101. The minimum absolute atomic E-state index is 0.0152. The van der Waals surface area contributed by atoms with Gasteiger partial charge in [-0.3, -0.25) is 9.35 Å². The smallest absolute Gasteiger partial charge is 0.410 e. The highest BCUT2D eigenvalue weighted by Crippen LogP contribution is 2.64. The van der Waals surface area contributed by atoms with E-state index in [9.17, 15) is 23.1 Å². The summed E-state index contributed by atoms with van der Waals surface area (Å²) < 4.78 is 36.2. The number of ketones is 1. The number of β-amino-alcohol motifs (C(OH)–C–C–N with tert-alkyl or cyclic N) is 2. The second kappa shape index (κ2) is 12.1. The molecule has 0 aromatic rings. The molecule has 0 spiro atoms. The number of nitrogens with one attached hydrogen (secondary N) is 1. The first kappa shape index (κ1) is 31.0. The number of fused-ring (bicyclic) bond motifs is 2. The second-order valence-corrected chi connectivity index (χ2v) is 13.6. The van der Waals surface area contributed by atoms with E-state index in [1.54, 1.807) is 4.90 Å². The fraction of sp³-hybridized carbons (Fsp3) is 0.920. The van der Waals surface area contributed by atoms with Gasteiger partial charge in [0.15, 0.2) is 0 Å². The van der Waals surface area contributed by atoms with Gasteiger partial charge in [0.25, 0.3) is 10.1 Å². The second-order valence-electron chi connectivity index (χ2n) is 12.1. The lowest BCUT2D eigenvalue weighted by molar-refractivity contribution is -0.128. The van der Waals surface area contributed by atoms with E-state index < -0.39 is 33.0 Å². The van der Waals surface area contributed by atoms with Crippen LogP contribution in [0.15, 0.2) is 0 Å². The predicted molar refractivity (Wildman–Crippen MR) is 136 cm³/mol. The van der Waals surface area contributed by atoms with Crippen molar-refractivity contribution >= 4 is 22.0 Å². The molecular formula is C25H46N2O8S. The number of nitrogens with zero attached hydrogens (tertiary/aromatic N) is 1. The maximum absolute atomic E-state index is 11.9. The first-order valence-electron chi connectivity index (χ1n) is 13.0. The predicted octanol–water partition coefficient (Wildman–Crippen LogP) is 2.38. The first-order chi connectivity index (χ1) is 16.5. The number of rotatable bonds is 2. The number of piperidine rings is 2. The highest BCUT2D eigenvalue weighted by atomic mass is 32.2. The normalized spacial score (nSPS) is 31.6. The molecule has 4 aliphatic rings. The Hall–Kier alpha value is -1.27. The number of carbonyl (C=O) groups excluding carboxylic acids is 2.